The summed E-state index contributed by atoms with van der Waals surface area (Å²) in [6, 6.07) is 10.8. The van der Waals surface area contributed by atoms with Crippen LogP contribution in [-0.4, -0.2) is 17.1 Å². The molecule has 0 fully saturated rings. The van der Waals surface area contributed by atoms with Crippen LogP contribution in [0.5, 0.6) is 0 Å². The first kappa shape index (κ1) is 18.3. The number of esters is 1. The number of carbonyl (C=O) groups excluding carboxylic acids is 1. The van der Waals surface area contributed by atoms with Crippen molar-refractivity contribution >= 4 is 22.8 Å². The monoisotopic (exact) mass is 385 g/mol. The smallest absolute Gasteiger partial charge is 0.417 e. The predicted octanol–water partition coefficient (Wildman–Crippen LogP) is 5.61. The molecule has 3 aromatic rings. The van der Waals surface area contributed by atoms with Gasteiger partial charge in [0, 0.05) is 23.5 Å². The van der Waals surface area contributed by atoms with E-state index in [1.807, 2.05) is 48.0 Å². The SMILES string of the molecule is CCOC(=O)c1cc2c(-c3ccccc3)n(C)c3c2c(c1C(F)(F)F)CC=C3. The minimum absolute atomic E-state index is 0.00891. The second-order valence-corrected chi connectivity index (χ2v) is 6.68. The van der Waals surface area contributed by atoms with Crippen molar-refractivity contribution in [3.63, 3.8) is 0 Å². The van der Waals surface area contributed by atoms with Gasteiger partial charge in [-0.05, 0) is 36.6 Å². The second kappa shape index (κ2) is 6.55. The Morgan fingerprint density at radius 3 is 2.57 bits per heavy atom. The number of rotatable bonds is 3. The van der Waals surface area contributed by atoms with E-state index < -0.39 is 23.3 Å². The molecule has 1 aliphatic carbocycles. The van der Waals surface area contributed by atoms with Crippen molar-refractivity contribution < 1.29 is 22.7 Å². The van der Waals surface area contributed by atoms with Gasteiger partial charge in [-0.3, -0.25) is 0 Å². The molecule has 144 valence electrons. The number of hydrogen-bond acceptors (Lipinski definition) is 2. The molecule has 0 saturated heterocycles. The first-order valence-electron chi connectivity index (χ1n) is 8.99. The number of benzene rings is 2. The van der Waals surface area contributed by atoms with Gasteiger partial charge in [0.05, 0.1) is 23.4 Å². The van der Waals surface area contributed by atoms with Crippen LogP contribution < -0.4 is 0 Å². The third-order valence-corrected chi connectivity index (χ3v) is 5.06. The molecule has 4 rings (SSSR count). The van der Waals surface area contributed by atoms with E-state index in [9.17, 15) is 18.0 Å². The van der Waals surface area contributed by atoms with Gasteiger partial charge < -0.3 is 9.30 Å². The Bertz CT molecular complexity index is 1110. The normalized spacial score (nSPS) is 13.2. The van der Waals surface area contributed by atoms with Gasteiger partial charge in [0.2, 0.25) is 0 Å². The molecule has 0 atom stereocenters. The third-order valence-electron chi connectivity index (χ3n) is 5.06. The Morgan fingerprint density at radius 1 is 1.21 bits per heavy atom. The van der Waals surface area contributed by atoms with Crippen LogP contribution in [0.1, 0.15) is 34.1 Å². The van der Waals surface area contributed by atoms with E-state index in [-0.39, 0.29) is 18.6 Å². The average molecular weight is 385 g/mol. The molecular formula is C22H18F3NO2. The molecule has 0 unspecified atom stereocenters. The summed E-state index contributed by atoms with van der Waals surface area (Å²) in [4.78, 5) is 12.4. The number of ether oxygens (including phenoxy) is 1. The van der Waals surface area contributed by atoms with Gasteiger partial charge in [-0.25, -0.2) is 4.79 Å². The van der Waals surface area contributed by atoms with Crippen molar-refractivity contribution in [1.29, 1.82) is 0 Å². The molecule has 0 N–H and O–H groups in total. The minimum Gasteiger partial charge on any atom is -0.462 e. The van der Waals surface area contributed by atoms with E-state index >= 15 is 0 Å². The van der Waals surface area contributed by atoms with Crippen LogP contribution in [0.2, 0.25) is 0 Å². The first-order valence-corrected chi connectivity index (χ1v) is 8.99. The van der Waals surface area contributed by atoms with Crippen LogP contribution >= 0.6 is 0 Å². The number of hydrogen-bond donors (Lipinski definition) is 0. The number of nitrogens with zero attached hydrogens (tertiary/aromatic N) is 1. The predicted molar refractivity (Wildman–Crippen MR) is 102 cm³/mol. The van der Waals surface area contributed by atoms with Crippen LogP contribution in [0.4, 0.5) is 13.2 Å². The van der Waals surface area contributed by atoms with Crippen molar-refractivity contribution in [2.75, 3.05) is 6.61 Å². The van der Waals surface area contributed by atoms with Gasteiger partial charge >= 0.3 is 12.1 Å². The highest BCUT2D eigenvalue weighted by Crippen LogP contribution is 2.45. The molecule has 2 aromatic carbocycles. The summed E-state index contributed by atoms with van der Waals surface area (Å²) in [5.74, 6) is -0.952. The molecule has 1 aliphatic rings. The summed E-state index contributed by atoms with van der Waals surface area (Å²) in [5.41, 5.74) is 1.16. The number of alkyl halides is 3. The molecule has 3 nitrogen and oxygen atoms in total. The van der Waals surface area contributed by atoms with Gasteiger partial charge in [-0.15, -0.1) is 0 Å². The molecular weight excluding hydrogens is 367 g/mol. The Labute approximate surface area is 160 Å². The van der Waals surface area contributed by atoms with E-state index in [4.69, 9.17) is 4.74 Å². The summed E-state index contributed by atoms with van der Waals surface area (Å²) >= 11 is 0. The maximum absolute atomic E-state index is 14.0. The summed E-state index contributed by atoms with van der Waals surface area (Å²) in [6.45, 7) is 1.58. The molecule has 0 bridgehead atoms. The van der Waals surface area contributed by atoms with Crippen molar-refractivity contribution in [3.05, 3.63) is 64.9 Å². The van der Waals surface area contributed by atoms with Crippen molar-refractivity contribution in [3.8, 4) is 11.3 Å². The summed E-state index contributed by atoms with van der Waals surface area (Å²) in [5, 5.41) is 1.17. The summed E-state index contributed by atoms with van der Waals surface area (Å²) < 4.78 is 48.7. The van der Waals surface area contributed by atoms with Gasteiger partial charge in [0.1, 0.15) is 0 Å². The molecule has 0 radical (unpaired) electrons. The lowest BCUT2D eigenvalue weighted by Gasteiger charge is -2.19. The van der Waals surface area contributed by atoms with E-state index in [2.05, 4.69) is 0 Å². The molecule has 1 heterocycles. The second-order valence-electron chi connectivity index (χ2n) is 6.68. The van der Waals surface area contributed by atoms with Crippen molar-refractivity contribution in [2.24, 2.45) is 7.05 Å². The largest absolute Gasteiger partial charge is 0.462 e. The number of aromatic nitrogens is 1. The highest BCUT2D eigenvalue weighted by atomic mass is 19.4. The average Bonchev–Trinajstić information content (AvgIpc) is 2.95. The minimum atomic E-state index is -4.66. The Hall–Kier alpha value is -3.02. The highest BCUT2D eigenvalue weighted by Gasteiger charge is 2.40. The van der Waals surface area contributed by atoms with Gasteiger partial charge in [-0.2, -0.15) is 13.2 Å². The van der Waals surface area contributed by atoms with Crippen LogP contribution in [-0.2, 0) is 24.4 Å². The fraction of sp³-hybridized carbons (Fsp3) is 0.227. The van der Waals surface area contributed by atoms with Crippen molar-refractivity contribution in [2.45, 2.75) is 19.5 Å². The molecule has 6 heteroatoms. The van der Waals surface area contributed by atoms with E-state index in [0.717, 1.165) is 11.3 Å². The standard InChI is InChI=1S/C22H18F3NO2/c1-3-28-21(27)16-12-15-18-14(19(16)22(23,24)25)10-7-11-17(18)26(2)20(15)13-8-5-4-6-9-13/h4-9,11-12H,3,10H2,1-2H3. The van der Waals surface area contributed by atoms with Gasteiger partial charge in [-0.1, -0.05) is 36.4 Å². The maximum Gasteiger partial charge on any atom is 0.417 e. The first-order chi connectivity index (χ1) is 13.3. The van der Waals surface area contributed by atoms with Crippen LogP contribution in [0.25, 0.3) is 28.1 Å². The topological polar surface area (TPSA) is 31.2 Å². The Kier molecular flexibility index (Phi) is 4.29. The number of carbonyl (C=O) groups is 1. The number of halogens is 3. The van der Waals surface area contributed by atoms with Crippen LogP contribution in [0, 0.1) is 0 Å². The van der Waals surface area contributed by atoms with Crippen molar-refractivity contribution in [1.82, 2.24) is 4.57 Å². The zero-order valence-electron chi connectivity index (χ0n) is 15.4. The zero-order chi connectivity index (χ0) is 20.1. The van der Waals surface area contributed by atoms with Crippen LogP contribution in [0.15, 0.2) is 42.5 Å². The highest BCUT2D eigenvalue weighted by molar-refractivity contribution is 6.08. The summed E-state index contributed by atoms with van der Waals surface area (Å²) in [7, 11) is 1.83. The molecule has 0 saturated carbocycles. The van der Waals surface area contributed by atoms with E-state index in [0.29, 0.717) is 16.5 Å². The zero-order valence-corrected chi connectivity index (χ0v) is 15.4. The van der Waals surface area contributed by atoms with E-state index in [1.54, 1.807) is 13.0 Å². The maximum atomic E-state index is 14.0. The Balaban J connectivity index is 2.15. The molecule has 0 spiro atoms. The third kappa shape index (κ3) is 2.71. The van der Waals surface area contributed by atoms with E-state index in [1.165, 1.54) is 6.07 Å². The summed E-state index contributed by atoms with van der Waals surface area (Å²) in [6.07, 6.45) is -0.997. The van der Waals surface area contributed by atoms with Crippen LogP contribution in [0.3, 0.4) is 0 Å². The lowest BCUT2D eigenvalue weighted by molar-refractivity contribution is -0.138. The Morgan fingerprint density at radius 2 is 1.93 bits per heavy atom. The fourth-order valence-electron chi connectivity index (χ4n) is 4.01. The number of allylic oxidation sites excluding steroid dienone is 1. The molecule has 28 heavy (non-hydrogen) atoms. The van der Waals surface area contributed by atoms with Gasteiger partial charge in [0.25, 0.3) is 0 Å². The molecule has 1 aromatic heterocycles. The lowest BCUT2D eigenvalue weighted by Crippen LogP contribution is -2.18. The van der Waals surface area contributed by atoms with Gasteiger partial charge in [0.15, 0.2) is 0 Å². The molecule has 0 aliphatic heterocycles. The fourth-order valence-corrected chi connectivity index (χ4v) is 4.01. The lowest BCUT2D eigenvalue weighted by atomic mass is 9.89. The quantitative estimate of drug-likeness (QED) is 0.549. The molecule has 0 amide bonds.